The number of urea groups is 1. The summed E-state index contributed by atoms with van der Waals surface area (Å²) in [5.41, 5.74) is 0. The number of nitrogens with one attached hydrogen (secondary N) is 3. The van der Waals surface area contributed by atoms with Gasteiger partial charge >= 0.3 is 6.03 Å². The summed E-state index contributed by atoms with van der Waals surface area (Å²) in [6.45, 7) is 1.86. The SMILES string of the molecule is CNC(=O)NC(=O)CN1CCC(C(=O)NCc2ccco2)CC1. The molecule has 2 heterocycles. The molecule has 23 heavy (non-hydrogen) atoms. The fourth-order valence-corrected chi connectivity index (χ4v) is 2.52. The molecule has 126 valence electrons. The van der Waals surface area contributed by atoms with Gasteiger partial charge in [0.2, 0.25) is 11.8 Å². The molecule has 0 aliphatic carbocycles. The maximum absolute atomic E-state index is 12.1. The first kappa shape index (κ1) is 17.0. The molecule has 1 aromatic rings. The fraction of sp³-hybridized carbons (Fsp3) is 0.533. The molecule has 4 amide bonds. The lowest BCUT2D eigenvalue weighted by molar-refractivity contribution is -0.127. The average Bonchev–Trinajstić information content (AvgIpc) is 3.06. The Morgan fingerprint density at radius 1 is 1.30 bits per heavy atom. The van der Waals surface area contributed by atoms with Crippen LogP contribution < -0.4 is 16.0 Å². The molecule has 0 atom stereocenters. The van der Waals surface area contributed by atoms with Gasteiger partial charge in [-0.1, -0.05) is 0 Å². The number of hydrogen-bond donors (Lipinski definition) is 3. The van der Waals surface area contributed by atoms with Crippen molar-refractivity contribution in [2.45, 2.75) is 19.4 Å². The van der Waals surface area contributed by atoms with Gasteiger partial charge in [0.1, 0.15) is 5.76 Å². The van der Waals surface area contributed by atoms with Crippen molar-refractivity contribution in [1.82, 2.24) is 20.9 Å². The van der Waals surface area contributed by atoms with Crippen LogP contribution in [0.4, 0.5) is 4.79 Å². The average molecular weight is 322 g/mol. The molecular formula is C15H22N4O4. The third kappa shape index (κ3) is 5.41. The van der Waals surface area contributed by atoms with Gasteiger partial charge in [0.05, 0.1) is 19.4 Å². The van der Waals surface area contributed by atoms with Crippen LogP contribution in [0, 0.1) is 5.92 Å². The number of likely N-dealkylation sites (tertiary alicyclic amines) is 1. The maximum Gasteiger partial charge on any atom is 0.321 e. The van der Waals surface area contributed by atoms with Crippen LogP contribution in [-0.2, 0) is 16.1 Å². The number of carbonyl (C=O) groups excluding carboxylic acids is 3. The zero-order valence-electron chi connectivity index (χ0n) is 13.1. The highest BCUT2D eigenvalue weighted by Crippen LogP contribution is 2.17. The number of furan rings is 1. The van der Waals surface area contributed by atoms with Gasteiger partial charge in [-0.15, -0.1) is 0 Å². The summed E-state index contributed by atoms with van der Waals surface area (Å²) in [4.78, 5) is 36.7. The summed E-state index contributed by atoms with van der Waals surface area (Å²) in [7, 11) is 1.45. The highest BCUT2D eigenvalue weighted by atomic mass is 16.3. The second kappa shape index (κ2) is 8.33. The van der Waals surface area contributed by atoms with Crippen LogP contribution in [0.1, 0.15) is 18.6 Å². The number of carbonyl (C=O) groups is 3. The molecule has 0 saturated carbocycles. The zero-order valence-corrected chi connectivity index (χ0v) is 13.1. The van der Waals surface area contributed by atoms with Crippen molar-refractivity contribution >= 4 is 17.8 Å². The zero-order chi connectivity index (χ0) is 16.7. The summed E-state index contributed by atoms with van der Waals surface area (Å²) in [6.07, 6.45) is 2.96. The predicted octanol–water partition coefficient (Wildman–Crippen LogP) is 0.0634. The summed E-state index contributed by atoms with van der Waals surface area (Å²) >= 11 is 0. The second-order valence-corrected chi connectivity index (χ2v) is 5.47. The van der Waals surface area contributed by atoms with Crippen molar-refractivity contribution < 1.29 is 18.8 Å². The number of hydrogen-bond acceptors (Lipinski definition) is 5. The lowest BCUT2D eigenvalue weighted by atomic mass is 9.96. The van der Waals surface area contributed by atoms with Crippen molar-refractivity contribution in [1.29, 1.82) is 0 Å². The Kier molecular flexibility index (Phi) is 6.16. The molecule has 1 fully saturated rings. The van der Waals surface area contributed by atoms with E-state index in [-0.39, 0.29) is 24.3 Å². The van der Waals surface area contributed by atoms with Crippen molar-refractivity contribution in [2.75, 3.05) is 26.7 Å². The largest absolute Gasteiger partial charge is 0.467 e. The summed E-state index contributed by atoms with van der Waals surface area (Å²) < 4.78 is 5.17. The van der Waals surface area contributed by atoms with Gasteiger partial charge in [-0.25, -0.2) is 4.79 Å². The van der Waals surface area contributed by atoms with E-state index in [4.69, 9.17) is 4.42 Å². The van der Waals surface area contributed by atoms with Gasteiger partial charge in [0.25, 0.3) is 0 Å². The van der Waals surface area contributed by atoms with Crippen molar-refractivity contribution in [3.8, 4) is 0 Å². The lowest BCUT2D eigenvalue weighted by Gasteiger charge is -2.30. The molecule has 0 unspecified atom stereocenters. The van der Waals surface area contributed by atoms with Crippen LogP contribution in [-0.4, -0.2) is 49.4 Å². The van der Waals surface area contributed by atoms with Gasteiger partial charge in [-0.05, 0) is 38.1 Å². The number of piperidine rings is 1. The van der Waals surface area contributed by atoms with Crippen LogP contribution >= 0.6 is 0 Å². The molecule has 1 aromatic heterocycles. The molecule has 1 aliphatic heterocycles. The minimum absolute atomic E-state index is 0.0101. The molecule has 8 heteroatoms. The molecule has 0 bridgehead atoms. The Balaban J connectivity index is 1.67. The third-order valence-corrected chi connectivity index (χ3v) is 3.82. The van der Waals surface area contributed by atoms with Crippen LogP contribution in [0.15, 0.2) is 22.8 Å². The van der Waals surface area contributed by atoms with Crippen LogP contribution in [0.25, 0.3) is 0 Å². The molecular weight excluding hydrogens is 300 g/mol. The van der Waals surface area contributed by atoms with Crippen molar-refractivity contribution in [3.05, 3.63) is 24.2 Å². The van der Waals surface area contributed by atoms with E-state index in [0.29, 0.717) is 32.5 Å². The predicted molar refractivity (Wildman–Crippen MR) is 82.3 cm³/mol. The quantitative estimate of drug-likeness (QED) is 0.711. The summed E-state index contributed by atoms with van der Waals surface area (Å²) in [5.74, 6) is 0.339. The van der Waals surface area contributed by atoms with E-state index < -0.39 is 6.03 Å². The Morgan fingerprint density at radius 3 is 2.65 bits per heavy atom. The summed E-state index contributed by atoms with van der Waals surface area (Å²) in [5, 5.41) is 7.42. The molecule has 2 rings (SSSR count). The third-order valence-electron chi connectivity index (χ3n) is 3.82. The fourth-order valence-electron chi connectivity index (χ4n) is 2.52. The van der Waals surface area contributed by atoms with Crippen LogP contribution in [0.2, 0.25) is 0 Å². The van der Waals surface area contributed by atoms with Gasteiger partial charge in [-0.3, -0.25) is 19.8 Å². The molecule has 0 aromatic carbocycles. The van der Waals surface area contributed by atoms with Crippen LogP contribution in [0.5, 0.6) is 0 Å². The smallest absolute Gasteiger partial charge is 0.321 e. The standard InChI is InChI=1S/C15H22N4O4/c1-16-15(22)18-13(20)10-19-6-4-11(5-7-19)14(21)17-9-12-3-2-8-23-12/h2-3,8,11H,4-7,9-10H2,1H3,(H,17,21)(H2,16,18,20,22). The highest BCUT2D eigenvalue weighted by molar-refractivity contribution is 5.95. The normalized spacial score (nSPS) is 15.9. The first-order chi connectivity index (χ1) is 11.1. The first-order valence-electron chi connectivity index (χ1n) is 7.62. The van der Waals surface area contributed by atoms with E-state index in [0.717, 1.165) is 5.76 Å². The van der Waals surface area contributed by atoms with Crippen molar-refractivity contribution in [3.63, 3.8) is 0 Å². The van der Waals surface area contributed by atoms with Gasteiger partial charge in [0.15, 0.2) is 0 Å². The lowest BCUT2D eigenvalue weighted by Crippen LogP contribution is -2.46. The van der Waals surface area contributed by atoms with Gasteiger partial charge < -0.3 is 15.1 Å². The highest BCUT2D eigenvalue weighted by Gasteiger charge is 2.26. The molecule has 0 spiro atoms. The van der Waals surface area contributed by atoms with E-state index in [1.807, 2.05) is 11.0 Å². The van der Waals surface area contributed by atoms with Crippen molar-refractivity contribution in [2.24, 2.45) is 5.92 Å². The molecule has 3 N–H and O–H groups in total. The van der Waals surface area contributed by atoms with E-state index >= 15 is 0 Å². The monoisotopic (exact) mass is 322 g/mol. The minimum atomic E-state index is -0.512. The van der Waals surface area contributed by atoms with E-state index in [9.17, 15) is 14.4 Å². The second-order valence-electron chi connectivity index (χ2n) is 5.47. The summed E-state index contributed by atoms with van der Waals surface area (Å²) in [6, 6.07) is 3.08. The molecule has 1 aliphatic rings. The number of rotatable bonds is 5. The minimum Gasteiger partial charge on any atom is -0.467 e. The van der Waals surface area contributed by atoms with E-state index in [2.05, 4.69) is 16.0 Å². The molecule has 8 nitrogen and oxygen atoms in total. The number of nitrogens with zero attached hydrogens (tertiary/aromatic N) is 1. The number of amides is 4. The Hall–Kier alpha value is -2.35. The number of imide groups is 1. The topological polar surface area (TPSA) is 104 Å². The van der Waals surface area contributed by atoms with E-state index in [1.165, 1.54) is 7.05 Å². The maximum atomic E-state index is 12.1. The van der Waals surface area contributed by atoms with Gasteiger partial charge in [0, 0.05) is 13.0 Å². The molecule has 1 saturated heterocycles. The van der Waals surface area contributed by atoms with E-state index in [1.54, 1.807) is 12.3 Å². The molecule has 0 radical (unpaired) electrons. The Morgan fingerprint density at radius 2 is 2.04 bits per heavy atom. The Labute approximate surface area is 134 Å². The first-order valence-corrected chi connectivity index (χ1v) is 7.62. The van der Waals surface area contributed by atoms with Gasteiger partial charge in [-0.2, -0.15) is 0 Å². The van der Waals surface area contributed by atoms with Crippen LogP contribution in [0.3, 0.4) is 0 Å². The Bertz CT molecular complexity index is 536.